The number of hydrogen-bond donors (Lipinski definition) is 2. The molecule has 130 valence electrons. The quantitative estimate of drug-likeness (QED) is 0.709. The molecule has 0 radical (unpaired) electrons. The van der Waals surface area contributed by atoms with Crippen molar-refractivity contribution in [1.29, 1.82) is 0 Å². The Morgan fingerprint density at radius 3 is 2.65 bits per heavy atom. The van der Waals surface area contributed by atoms with Gasteiger partial charge in [0.05, 0.1) is 17.4 Å². The summed E-state index contributed by atoms with van der Waals surface area (Å²) in [5, 5.41) is 8.98. The summed E-state index contributed by atoms with van der Waals surface area (Å²) < 4.78 is 0. The van der Waals surface area contributed by atoms with Crippen LogP contribution in [0.3, 0.4) is 0 Å². The zero-order valence-corrected chi connectivity index (χ0v) is 14.5. The number of piperazine rings is 1. The first-order chi connectivity index (χ1) is 12.8. The topological polar surface area (TPSA) is 44.4 Å². The highest BCUT2D eigenvalue weighted by molar-refractivity contribution is 5.98. The van der Waals surface area contributed by atoms with Crippen molar-refractivity contribution in [1.82, 2.24) is 5.32 Å². The molecule has 1 unspecified atom stereocenters. The average molecular weight is 343 g/mol. The van der Waals surface area contributed by atoms with Crippen LogP contribution in [0.2, 0.25) is 0 Å². The van der Waals surface area contributed by atoms with Gasteiger partial charge in [0, 0.05) is 26.1 Å². The third kappa shape index (κ3) is 2.63. The van der Waals surface area contributed by atoms with E-state index in [9.17, 15) is 4.79 Å². The lowest BCUT2D eigenvalue weighted by molar-refractivity contribution is -0.116. The molecule has 0 aromatic heterocycles. The molecule has 2 aliphatic heterocycles. The number of nitrogens with zero attached hydrogens (tertiary/aromatic N) is 1. The third-order valence-corrected chi connectivity index (χ3v) is 5.44. The van der Waals surface area contributed by atoms with Crippen LogP contribution in [0.15, 0.2) is 60.7 Å². The van der Waals surface area contributed by atoms with Crippen LogP contribution in [-0.4, -0.2) is 31.6 Å². The van der Waals surface area contributed by atoms with E-state index in [1.165, 1.54) is 21.9 Å². The fourth-order valence-electron chi connectivity index (χ4n) is 4.10. The predicted molar refractivity (Wildman–Crippen MR) is 107 cm³/mol. The number of amides is 1. The lowest BCUT2D eigenvalue weighted by Crippen LogP contribution is -2.51. The number of carbonyl (C=O) groups excluding carboxylic acids is 1. The zero-order valence-electron chi connectivity index (χ0n) is 14.5. The minimum absolute atomic E-state index is 0.0981. The standard InChI is InChI=1S/C22H21N3O/c26-22-13-19-14-23-9-10-25(19)21-12-18(7-8-20(21)24-22)17-6-5-15-3-1-2-4-16(15)11-17/h1-8,11-12,19,23H,9-10,13-14H2,(H,24,26). The molecule has 26 heavy (non-hydrogen) atoms. The van der Waals surface area contributed by atoms with Crippen LogP contribution in [0.5, 0.6) is 0 Å². The number of hydrogen-bond acceptors (Lipinski definition) is 3. The van der Waals surface area contributed by atoms with E-state index in [1.807, 2.05) is 6.07 Å². The van der Waals surface area contributed by atoms with Crippen molar-refractivity contribution in [2.45, 2.75) is 12.5 Å². The van der Waals surface area contributed by atoms with Gasteiger partial charge in [-0.3, -0.25) is 4.79 Å². The molecule has 0 spiro atoms. The van der Waals surface area contributed by atoms with Crippen LogP contribution in [0.4, 0.5) is 11.4 Å². The molecule has 2 N–H and O–H groups in total. The Balaban J connectivity index is 1.61. The first-order valence-corrected chi connectivity index (χ1v) is 9.18. The van der Waals surface area contributed by atoms with Gasteiger partial charge in [0.25, 0.3) is 0 Å². The van der Waals surface area contributed by atoms with Crippen LogP contribution < -0.4 is 15.5 Å². The molecule has 1 amide bonds. The molecular weight excluding hydrogens is 322 g/mol. The molecule has 1 saturated heterocycles. The SMILES string of the molecule is O=C1CC2CNCCN2c2cc(-c3ccc4ccccc4c3)ccc2N1. The van der Waals surface area contributed by atoms with Crippen molar-refractivity contribution >= 4 is 28.1 Å². The lowest BCUT2D eigenvalue weighted by atomic mass is 9.99. The van der Waals surface area contributed by atoms with E-state index in [0.29, 0.717) is 6.42 Å². The van der Waals surface area contributed by atoms with E-state index in [0.717, 1.165) is 31.0 Å². The van der Waals surface area contributed by atoms with Gasteiger partial charge in [0.15, 0.2) is 0 Å². The van der Waals surface area contributed by atoms with E-state index in [2.05, 4.69) is 70.1 Å². The van der Waals surface area contributed by atoms with Gasteiger partial charge >= 0.3 is 0 Å². The van der Waals surface area contributed by atoms with E-state index >= 15 is 0 Å². The van der Waals surface area contributed by atoms with Crippen LogP contribution in [0.1, 0.15) is 6.42 Å². The van der Waals surface area contributed by atoms with Gasteiger partial charge < -0.3 is 15.5 Å². The van der Waals surface area contributed by atoms with Crippen molar-refractivity contribution in [3.05, 3.63) is 60.7 Å². The molecule has 3 aromatic rings. The number of rotatable bonds is 1. The monoisotopic (exact) mass is 343 g/mol. The Bertz CT molecular complexity index is 998. The maximum Gasteiger partial charge on any atom is 0.226 e. The van der Waals surface area contributed by atoms with E-state index in [4.69, 9.17) is 0 Å². The molecule has 5 rings (SSSR count). The predicted octanol–water partition coefficient (Wildman–Crippen LogP) is 3.63. The zero-order chi connectivity index (χ0) is 17.5. The van der Waals surface area contributed by atoms with E-state index < -0.39 is 0 Å². The number of anilines is 2. The minimum Gasteiger partial charge on any atom is -0.364 e. The maximum atomic E-state index is 12.2. The van der Waals surface area contributed by atoms with E-state index in [-0.39, 0.29) is 11.9 Å². The number of carbonyl (C=O) groups is 1. The molecular formula is C22H21N3O. The van der Waals surface area contributed by atoms with Crippen LogP contribution in [0, 0.1) is 0 Å². The normalized spacial score (nSPS) is 19.5. The second-order valence-corrected chi connectivity index (χ2v) is 7.10. The summed E-state index contributed by atoms with van der Waals surface area (Å²) in [6.45, 7) is 2.73. The Kier molecular flexibility index (Phi) is 3.64. The van der Waals surface area contributed by atoms with Crippen molar-refractivity contribution in [2.75, 3.05) is 29.9 Å². The van der Waals surface area contributed by atoms with E-state index in [1.54, 1.807) is 0 Å². The van der Waals surface area contributed by atoms with Gasteiger partial charge in [-0.1, -0.05) is 42.5 Å². The van der Waals surface area contributed by atoms with Gasteiger partial charge in [-0.2, -0.15) is 0 Å². The highest BCUT2D eigenvalue weighted by atomic mass is 16.1. The minimum atomic E-state index is 0.0981. The largest absolute Gasteiger partial charge is 0.364 e. The smallest absolute Gasteiger partial charge is 0.226 e. The Labute approximate surface area is 152 Å². The van der Waals surface area contributed by atoms with Crippen molar-refractivity contribution in [2.24, 2.45) is 0 Å². The number of fused-ring (bicyclic) bond motifs is 4. The highest BCUT2D eigenvalue weighted by Gasteiger charge is 2.30. The first kappa shape index (κ1) is 15.4. The Morgan fingerprint density at radius 2 is 1.73 bits per heavy atom. The molecule has 2 heterocycles. The van der Waals surface area contributed by atoms with Gasteiger partial charge in [-0.15, -0.1) is 0 Å². The lowest BCUT2D eigenvalue weighted by Gasteiger charge is -2.36. The van der Waals surface area contributed by atoms with Gasteiger partial charge in [0.2, 0.25) is 5.91 Å². The maximum absolute atomic E-state index is 12.2. The molecule has 0 bridgehead atoms. The Hall–Kier alpha value is -2.85. The fraction of sp³-hybridized carbons (Fsp3) is 0.227. The first-order valence-electron chi connectivity index (χ1n) is 9.18. The summed E-state index contributed by atoms with van der Waals surface area (Å²) in [7, 11) is 0. The Morgan fingerprint density at radius 1 is 0.923 bits per heavy atom. The summed E-state index contributed by atoms with van der Waals surface area (Å²) in [6, 6.07) is 21.6. The molecule has 4 nitrogen and oxygen atoms in total. The molecule has 0 aliphatic carbocycles. The summed E-state index contributed by atoms with van der Waals surface area (Å²) in [6.07, 6.45) is 0.535. The summed E-state index contributed by atoms with van der Waals surface area (Å²) in [5.74, 6) is 0.0981. The molecule has 2 aliphatic rings. The van der Waals surface area contributed by atoms with Gasteiger partial charge in [0.1, 0.15) is 0 Å². The summed E-state index contributed by atoms with van der Waals surface area (Å²) in [4.78, 5) is 14.6. The van der Waals surface area contributed by atoms with Crippen molar-refractivity contribution < 1.29 is 4.79 Å². The second-order valence-electron chi connectivity index (χ2n) is 7.10. The van der Waals surface area contributed by atoms with Crippen LogP contribution >= 0.6 is 0 Å². The molecule has 3 aromatic carbocycles. The average Bonchev–Trinajstić information content (AvgIpc) is 2.82. The second kappa shape index (κ2) is 6.15. The fourth-order valence-corrected chi connectivity index (χ4v) is 4.10. The van der Waals surface area contributed by atoms with Gasteiger partial charge in [-0.25, -0.2) is 0 Å². The van der Waals surface area contributed by atoms with Crippen LogP contribution in [0.25, 0.3) is 21.9 Å². The third-order valence-electron chi connectivity index (χ3n) is 5.44. The van der Waals surface area contributed by atoms with Crippen LogP contribution in [-0.2, 0) is 4.79 Å². The number of nitrogens with one attached hydrogen (secondary N) is 2. The van der Waals surface area contributed by atoms with Crippen molar-refractivity contribution in [3.8, 4) is 11.1 Å². The summed E-state index contributed by atoms with van der Waals surface area (Å²) in [5.41, 5.74) is 4.44. The van der Waals surface area contributed by atoms with Gasteiger partial charge in [-0.05, 0) is 40.1 Å². The molecule has 4 heteroatoms. The highest BCUT2D eigenvalue weighted by Crippen LogP contribution is 2.36. The van der Waals surface area contributed by atoms with Crippen molar-refractivity contribution in [3.63, 3.8) is 0 Å². The number of benzene rings is 3. The molecule has 1 fully saturated rings. The summed E-state index contributed by atoms with van der Waals surface area (Å²) >= 11 is 0. The molecule has 0 saturated carbocycles. The molecule has 1 atom stereocenters.